The molecule has 1 aromatic rings. The van der Waals surface area contributed by atoms with Crippen LogP contribution >= 0.6 is 0 Å². The summed E-state index contributed by atoms with van der Waals surface area (Å²) in [5.41, 5.74) is 1.84. The van der Waals surface area contributed by atoms with Crippen LogP contribution in [-0.2, 0) is 0 Å². The number of anilines is 1. The molecule has 1 saturated carbocycles. The number of hydrogen-bond donors (Lipinski definition) is 3. The number of carboxylic acids is 1. The molecule has 2 amide bonds. The maximum atomic E-state index is 11.8. The molecule has 5 heteroatoms. The number of rotatable bonds is 4. The van der Waals surface area contributed by atoms with Gasteiger partial charge in [-0.3, -0.25) is 0 Å². The summed E-state index contributed by atoms with van der Waals surface area (Å²) in [5, 5.41) is 14.5. The number of carboxylic acid groups (broad SMARTS) is 1. The first-order valence-corrected chi connectivity index (χ1v) is 6.68. The number of aromatic carboxylic acids is 1. The van der Waals surface area contributed by atoms with E-state index in [2.05, 4.69) is 24.5 Å². The third-order valence-electron chi connectivity index (χ3n) is 3.96. The van der Waals surface area contributed by atoms with Crippen molar-refractivity contribution in [3.8, 4) is 0 Å². The van der Waals surface area contributed by atoms with Crippen molar-refractivity contribution < 1.29 is 14.7 Å². The molecule has 0 aromatic heterocycles. The Balaban J connectivity index is 1.93. The van der Waals surface area contributed by atoms with Crippen LogP contribution in [0.25, 0.3) is 0 Å². The van der Waals surface area contributed by atoms with Crippen molar-refractivity contribution in [2.75, 3.05) is 11.9 Å². The van der Waals surface area contributed by atoms with E-state index >= 15 is 0 Å². The van der Waals surface area contributed by atoms with Crippen LogP contribution in [0.3, 0.4) is 0 Å². The Kier molecular flexibility index (Phi) is 3.70. The van der Waals surface area contributed by atoms with Crippen LogP contribution in [0, 0.1) is 18.3 Å². The summed E-state index contributed by atoms with van der Waals surface area (Å²) in [6.07, 6.45) is 1.13. The molecule has 108 valence electrons. The molecule has 0 saturated heterocycles. The average Bonchev–Trinajstić information content (AvgIpc) is 2.97. The van der Waals surface area contributed by atoms with Gasteiger partial charge in [0, 0.05) is 12.2 Å². The second-order valence-electron chi connectivity index (χ2n) is 6.06. The Bertz CT molecular complexity index is 552. The van der Waals surface area contributed by atoms with E-state index in [4.69, 9.17) is 5.11 Å². The lowest BCUT2D eigenvalue weighted by Gasteiger charge is -2.11. The van der Waals surface area contributed by atoms with Gasteiger partial charge in [-0.2, -0.15) is 0 Å². The molecule has 0 radical (unpaired) electrons. The van der Waals surface area contributed by atoms with Crippen LogP contribution in [0.2, 0.25) is 0 Å². The Labute approximate surface area is 118 Å². The fourth-order valence-corrected chi connectivity index (χ4v) is 2.20. The highest BCUT2D eigenvalue weighted by Gasteiger charge is 2.45. The number of benzene rings is 1. The molecule has 1 fully saturated rings. The molecule has 3 N–H and O–H groups in total. The first-order chi connectivity index (χ1) is 9.29. The highest BCUT2D eigenvalue weighted by molar-refractivity contribution is 5.93. The summed E-state index contributed by atoms with van der Waals surface area (Å²) in [5.74, 6) is -0.479. The second-order valence-corrected chi connectivity index (χ2v) is 6.06. The predicted molar refractivity (Wildman–Crippen MR) is 77.0 cm³/mol. The highest BCUT2D eigenvalue weighted by Crippen LogP contribution is 2.50. The summed E-state index contributed by atoms with van der Waals surface area (Å²) >= 11 is 0. The zero-order valence-corrected chi connectivity index (χ0v) is 12.0. The molecule has 5 nitrogen and oxygen atoms in total. The molecule has 1 aliphatic carbocycles. The van der Waals surface area contributed by atoms with Crippen molar-refractivity contribution in [3.63, 3.8) is 0 Å². The van der Waals surface area contributed by atoms with Crippen molar-refractivity contribution in [3.05, 3.63) is 29.3 Å². The Hall–Kier alpha value is -2.04. The van der Waals surface area contributed by atoms with Crippen LogP contribution in [0.1, 0.15) is 36.2 Å². The first kappa shape index (κ1) is 14.4. The van der Waals surface area contributed by atoms with Gasteiger partial charge in [-0.25, -0.2) is 9.59 Å². The van der Waals surface area contributed by atoms with E-state index in [1.807, 2.05) is 6.92 Å². The van der Waals surface area contributed by atoms with E-state index in [-0.39, 0.29) is 11.6 Å². The van der Waals surface area contributed by atoms with Crippen molar-refractivity contribution in [2.24, 2.45) is 11.3 Å². The maximum Gasteiger partial charge on any atom is 0.335 e. The summed E-state index contributed by atoms with van der Waals surface area (Å²) < 4.78 is 0. The van der Waals surface area contributed by atoms with Gasteiger partial charge in [0.05, 0.1) is 5.56 Å². The molecule has 0 heterocycles. The summed E-state index contributed by atoms with van der Waals surface area (Å²) in [4.78, 5) is 22.7. The van der Waals surface area contributed by atoms with Crippen molar-refractivity contribution in [1.29, 1.82) is 0 Å². The average molecular weight is 276 g/mol. The third-order valence-corrected chi connectivity index (χ3v) is 3.96. The third kappa shape index (κ3) is 3.29. The van der Waals surface area contributed by atoms with E-state index in [0.717, 1.165) is 12.0 Å². The zero-order valence-electron chi connectivity index (χ0n) is 12.0. The number of nitrogens with one attached hydrogen (secondary N) is 2. The maximum absolute atomic E-state index is 11.8. The number of carbonyl (C=O) groups is 2. The van der Waals surface area contributed by atoms with E-state index < -0.39 is 5.97 Å². The lowest BCUT2D eigenvalue weighted by atomic mass is 10.1. The van der Waals surface area contributed by atoms with Gasteiger partial charge in [-0.1, -0.05) is 19.9 Å². The monoisotopic (exact) mass is 276 g/mol. The molecule has 1 atom stereocenters. The first-order valence-electron chi connectivity index (χ1n) is 6.68. The van der Waals surface area contributed by atoms with Gasteiger partial charge >= 0.3 is 12.0 Å². The smallest absolute Gasteiger partial charge is 0.335 e. The van der Waals surface area contributed by atoms with Crippen molar-refractivity contribution >= 4 is 17.7 Å². The number of amides is 2. The fraction of sp³-hybridized carbons (Fsp3) is 0.467. The number of hydrogen-bond acceptors (Lipinski definition) is 2. The van der Waals surface area contributed by atoms with Crippen LogP contribution in [0.5, 0.6) is 0 Å². The normalized spacial score (nSPS) is 19.2. The predicted octanol–water partition coefficient (Wildman–Crippen LogP) is 2.86. The van der Waals surface area contributed by atoms with Gasteiger partial charge in [0.1, 0.15) is 0 Å². The molecule has 20 heavy (non-hydrogen) atoms. The molecular weight excluding hydrogens is 256 g/mol. The van der Waals surface area contributed by atoms with Crippen LogP contribution in [0.4, 0.5) is 10.5 Å². The molecule has 1 aliphatic rings. The van der Waals surface area contributed by atoms with Gasteiger partial charge in [0.25, 0.3) is 0 Å². The highest BCUT2D eigenvalue weighted by atomic mass is 16.4. The topological polar surface area (TPSA) is 78.4 Å². The van der Waals surface area contributed by atoms with Crippen LogP contribution in [-0.4, -0.2) is 23.7 Å². The SMILES string of the molecule is Cc1ccc(C(=O)O)cc1NC(=O)NCC1CC1(C)C. The lowest BCUT2D eigenvalue weighted by Crippen LogP contribution is -2.31. The number of urea groups is 1. The lowest BCUT2D eigenvalue weighted by molar-refractivity contribution is 0.0697. The van der Waals surface area contributed by atoms with Gasteiger partial charge < -0.3 is 15.7 Å². The fourth-order valence-electron chi connectivity index (χ4n) is 2.20. The molecule has 0 aliphatic heterocycles. The van der Waals surface area contributed by atoms with E-state index in [9.17, 15) is 9.59 Å². The molecular formula is C15H20N2O3. The van der Waals surface area contributed by atoms with E-state index in [1.54, 1.807) is 6.07 Å². The van der Waals surface area contributed by atoms with Gasteiger partial charge in [-0.05, 0) is 42.4 Å². The summed E-state index contributed by atoms with van der Waals surface area (Å²) in [7, 11) is 0. The summed E-state index contributed by atoms with van der Waals surface area (Å²) in [6.45, 7) is 6.83. The largest absolute Gasteiger partial charge is 0.478 e. The minimum absolute atomic E-state index is 0.161. The Morgan fingerprint density at radius 3 is 2.60 bits per heavy atom. The quantitative estimate of drug-likeness (QED) is 0.791. The Morgan fingerprint density at radius 1 is 1.40 bits per heavy atom. The molecule has 1 aromatic carbocycles. The minimum Gasteiger partial charge on any atom is -0.478 e. The van der Waals surface area contributed by atoms with Crippen LogP contribution < -0.4 is 10.6 Å². The van der Waals surface area contributed by atoms with Gasteiger partial charge in [0.15, 0.2) is 0 Å². The number of aryl methyl sites for hydroxylation is 1. The molecule has 0 spiro atoms. The second kappa shape index (κ2) is 5.15. The standard InChI is InChI=1S/C15H20N2O3/c1-9-4-5-10(13(18)19)6-12(9)17-14(20)16-8-11-7-15(11,2)3/h4-6,11H,7-8H2,1-3H3,(H,18,19)(H2,16,17,20). The molecule has 1 unspecified atom stereocenters. The molecule has 2 rings (SSSR count). The Morgan fingerprint density at radius 2 is 2.05 bits per heavy atom. The van der Waals surface area contributed by atoms with Crippen molar-refractivity contribution in [2.45, 2.75) is 27.2 Å². The van der Waals surface area contributed by atoms with E-state index in [0.29, 0.717) is 23.6 Å². The van der Waals surface area contributed by atoms with Crippen LogP contribution in [0.15, 0.2) is 18.2 Å². The number of carbonyl (C=O) groups excluding carboxylic acids is 1. The minimum atomic E-state index is -1.01. The van der Waals surface area contributed by atoms with Gasteiger partial charge in [0.2, 0.25) is 0 Å². The summed E-state index contributed by atoms with van der Waals surface area (Å²) in [6, 6.07) is 4.38. The molecule has 0 bridgehead atoms. The van der Waals surface area contributed by atoms with Gasteiger partial charge in [-0.15, -0.1) is 0 Å². The zero-order chi connectivity index (χ0) is 14.9. The van der Waals surface area contributed by atoms with Crippen molar-refractivity contribution in [1.82, 2.24) is 5.32 Å². The van der Waals surface area contributed by atoms with E-state index in [1.165, 1.54) is 12.1 Å².